The summed E-state index contributed by atoms with van der Waals surface area (Å²) in [5, 5.41) is 6.85. The third kappa shape index (κ3) is 3.10. The fourth-order valence-electron chi connectivity index (χ4n) is 3.36. The monoisotopic (exact) mass is 400 g/mol. The molecule has 4 aromatic rings. The molecule has 1 aliphatic heterocycles. The van der Waals surface area contributed by atoms with Crippen LogP contribution in [-0.4, -0.2) is 54.0 Å². The minimum Gasteiger partial charge on any atom is -0.338 e. The summed E-state index contributed by atoms with van der Waals surface area (Å²) in [5.74, 6) is 0.169. The molecule has 149 valence electrons. The number of rotatable bonds is 4. The number of imidazole rings is 1. The zero-order valence-electron chi connectivity index (χ0n) is 16.2. The summed E-state index contributed by atoms with van der Waals surface area (Å²) in [4.78, 5) is 36.1. The van der Waals surface area contributed by atoms with Crippen LogP contribution in [0.5, 0.6) is 0 Å². The molecular formula is C21H18N7O2. The Morgan fingerprint density at radius 3 is 2.80 bits per heavy atom. The van der Waals surface area contributed by atoms with E-state index in [1.165, 1.54) is 10.9 Å². The number of aromatic nitrogens is 5. The average Bonchev–Trinajstić information content (AvgIpc) is 3.30. The molecule has 1 N–H and O–H groups in total. The van der Waals surface area contributed by atoms with Crippen LogP contribution >= 0.6 is 0 Å². The number of likely N-dealkylation sites (tertiary alicyclic amines) is 1. The lowest BCUT2D eigenvalue weighted by Crippen LogP contribution is -2.42. The van der Waals surface area contributed by atoms with E-state index in [0.717, 1.165) is 17.7 Å². The molecule has 0 bridgehead atoms. The van der Waals surface area contributed by atoms with E-state index in [4.69, 9.17) is 0 Å². The number of hydrogen-bond donors (Lipinski definition) is 1. The summed E-state index contributed by atoms with van der Waals surface area (Å²) in [6.45, 7) is 1.41. The van der Waals surface area contributed by atoms with Gasteiger partial charge in [-0.25, -0.2) is 4.98 Å². The van der Waals surface area contributed by atoms with Gasteiger partial charge in [0, 0.05) is 38.1 Å². The summed E-state index contributed by atoms with van der Waals surface area (Å²) in [6.07, 6.45) is 6.05. The maximum Gasteiger partial charge on any atom is 0.275 e. The maximum absolute atomic E-state index is 12.9. The van der Waals surface area contributed by atoms with Gasteiger partial charge in [0.2, 0.25) is 5.78 Å². The Kier molecular flexibility index (Phi) is 4.27. The number of nitrogens with one attached hydrogen (secondary N) is 1. The Hall–Kier alpha value is -4.01. The summed E-state index contributed by atoms with van der Waals surface area (Å²) in [6, 6.07) is 12.2. The van der Waals surface area contributed by atoms with Gasteiger partial charge in [-0.2, -0.15) is 10.1 Å². The van der Waals surface area contributed by atoms with Gasteiger partial charge in [0.15, 0.2) is 0 Å². The second kappa shape index (κ2) is 7.11. The van der Waals surface area contributed by atoms with Crippen LogP contribution in [0.1, 0.15) is 27.3 Å². The molecule has 2 amide bonds. The Morgan fingerprint density at radius 2 is 2.07 bits per heavy atom. The largest absolute Gasteiger partial charge is 0.338 e. The smallest absolute Gasteiger partial charge is 0.275 e. The quantitative estimate of drug-likeness (QED) is 0.565. The molecule has 1 fully saturated rings. The summed E-state index contributed by atoms with van der Waals surface area (Å²) >= 11 is 0. The second-order valence-corrected chi connectivity index (χ2v) is 7.07. The molecule has 1 radical (unpaired) electrons. The molecule has 9 heteroatoms. The van der Waals surface area contributed by atoms with Crippen LogP contribution in [0.15, 0.2) is 48.9 Å². The molecule has 3 aromatic heterocycles. The normalized spacial score (nSPS) is 13.3. The zero-order valence-corrected chi connectivity index (χ0v) is 16.2. The average molecular weight is 400 g/mol. The standard InChI is InChI=1S/C21H18N7O2/c1-26-18(15(12-22-26)20(30)27-9-5-10-27)19(29)24-17-8-11-28-13-16(23-21(28)25-17)14-6-3-2-4-7-14/h2-3,6-8,11-13H,5,9-10H2,1H3,(H,23,24,25,29). The molecular weight excluding hydrogens is 382 g/mol. The topological polar surface area (TPSA) is 97.4 Å². The summed E-state index contributed by atoms with van der Waals surface area (Å²) in [7, 11) is 1.64. The van der Waals surface area contributed by atoms with Crippen molar-refractivity contribution in [1.82, 2.24) is 29.0 Å². The van der Waals surface area contributed by atoms with Crippen molar-refractivity contribution < 1.29 is 9.59 Å². The van der Waals surface area contributed by atoms with Gasteiger partial charge in [0.25, 0.3) is 11.8 Å². The molecule has 5 rings (SSSR count). The van der Waals surface area contributed by atoms with E-state index >= 15 is 0 Å². The predicted molar refractivity (Wildman–Crippen MR) is 109 cm³/mol. The van der Waals surface area contributed by atoms with Crippen molar-refractivity contribution in [3.8, 4) is 11.3 Å². The number of amides is 2. The van der Waals surface area contributed by atoms with Crippen molar-refractivity contribution in [2.24, 2.45) is 7.05 Å². The van der Waals surface area contributed by atoms with Crippen molar-refractivity contribution in [2.45, 2.75) is 6.42 Å². The van der Waals surface area contributed by atoms with E-state index in [1.807, 2.05) is 30.5 Å². The lowest BCUT2D eigenvalue weighted by molar-refractivity contribution is 0.0648. The number of carbonyl (C=O) groups excluding carboxylic acids is 2. The highest BCUT2D eigenvalue weighted by atomic mass is 16.2. The SMILES string of the molecule is Cn1ncc(C(=O)N2CCC2)c1C(=O)Nc1ccn2cc(-c3c[c]ccc3)nc2n1. The van der Waals surface area contributed by atoms with E-state index in [1.54, 1.807) is 28.6 Å². The molecule has 4 heterocycles. The number of carbonyl (C=O) groups is 2. The first-order chi connectivity index (χ1) is 14.6. The van der Waals surface area contributed by atoms with Gasteiger partial charge in [-0.1, -0.05) is 18.2 Å². The number of nitrogens with zero attached hydrogens (tertiary/aromatic N) is 6. The zero-order chi connectivity index (χ0) is 20.7. The first-order valence-electron chi connectivity index (χ1n) is 9.55. The van der Waals surface area contributed by atoms with Crippen LogP contribution in [0.2, 0.25) is 0 Å². The van der Waals surface area contributed by atoms with Crippen LogP contribution < -0.4 is 5.32 Å². The highest BCUT2D eigenvalue weighted by Crippen LogP contribution is 2.20. The summed E-state index contributed by atoms with van der Waals surface area (Å²) in [5.41, 5.74) is 2.19. The molecule has 1 aliphatic rings. The molecule has 9 nitrogen and oxygen atoms in total. The van der Waals surface area contributed by atoms with Crippen molar-refractivity contribution in [2.75, 3.05) is 18.4 Å². The summed E-state index contributed by atoms with van der Waals surface area (Å²) < 4.78 is 3.18. The molecule has 0 saturated carbocycles. The number of hydrogen-bond acceptors (Lipinski definition) is 5. The van der Waals surface area contributed by atoms with Gasteiger partial charge in [0.05, 0.1) is 17.5 Å². The van der Waals surface area contributed by atoms with Crippen molar-refractivity contribution in [3.63, 3.8) is 0 Å². The predicted octanol–water partition coefficient (Wildman–Crippen LogP) is 2.03. The van der Waals surface area contributed by atoms with E-state index in [2.05, 4.69) is 26.4 Å². The third-order valence-electron chi connectivity index (χ3n) is 5.10. The highest BCUT2D eigenvalue weighted by Gasteiger charge is 2.28. The maximum atomic E-state index is 12.9. The first-order valence-corrected chi connectivity index (χ1v) is 9.55. The Labute approximate surface area is 172 Å². The molecule has 1 aromatic carbocycles. The van der Waals surface area contributed by atoms with Crippen LogP contribution in [0, 0.1) is 6.07 Å². The molecule has 30 heavy (non-hydrogen) atoms. The molecule has 0 unspecified atom stereocenters. The number of aryl methyl sites for hydroxylation is 1. The van der Waals surface area contributed by atoms with Gasteiger partial charge in [0.1, 0.15) is 11.5 Å². The van der Waals surface area contributed by atoms with Gasteiger partial charge < -0.3 is 10.2 Å². The number of anilines is 1. The van der Waals surface area contributed by atoms with Gasteiger partial charge in [-0.15, -0.1) is 0 Å². The van der Waals surface area contributed by atoms with Crippen molar-refractivity contribution in [3.05, 3.63) is 66.2 Å². The van der Waals surface area contributed by atoms with E-state index in [9.17, 15) is 9.59 Å². The Balaban J connectivity index is 1.41. The second-order valence-electron chi connectivity index (χ2n) is 7.07. The Bertz CT molecular complexity index is 1260. The van der Waals surface area contributed by atoms with Crippen molar-refractivity contribution >= 4 is 23.4 Å². The molecule has 0 aliphatic carbocycles. The van der Waals surface area contributed by atoms with Crippen LogP contribution in [-0.2, 0) is 7.05 Å². The van der Waals surface area contributed by atoms with E-state index < -0.39 is 5.91 Å². The van der Waals surface area contributed by atoms with Crippen LogP contribution in [0.25, 0.3) is 17.0 Å². The highest BCUT2D eigenvalue weighted by molar-refractivity contribution is 6.10. The van der Waals surface area contributed by atoms with Gasteiger partial charge >= 0.3 is 0 Å². The Morgan fingerprint density at radius 1 is 1.20 bits per heavy atom. The molecule has 1 saturated heterocycles. The van der Waals surface area contributed by atoms with Crippen LogP contribution in [0.3, 0.4) is 0 Å². The number of fused-ring (bicyclic) bond motifs is 1. The van der Waals surface area contributed by atoms with E-state index in [0.29, 0.717) is 30.2 Å². The fourth-order valence-corrected chi connectivity index (χ4v) is 3.36. The van der Waals surface area contributed by atoms with Crippen LogP contribution in [0.4, 0.5) is 5.82 Å². The minimum absolute atomic E-state index is 0.180. The molecule has 0 spiro atoms. The third-order valence-corrected chi connectivity index (χ3v) is 5.10. The van der Waals surface area contributed by atoms with E-state index in [-0.39, 0.29) is 11.6 Å². The van der Waals surface area contributed by atoms with Gasteiger partial charge in [-0.05, 0) is 24.6 Å². The lowest BCUT2D eigenvalue weighted by atomic mass is 10.1. The number of benzene rings is 1. The first kappa shape index (κ1) is 18.0. The fraction of sp³-hybridized carbons (Fsp3) is 0.190. The lowest BCUT2D eigenvalue weighted by Gasteiger charge is -2.30. The molecule has 0 atom stereocenters. The minimum atomic E-state index is -0.444. The van der Waals surface area contributed by atoms with Crippen molar-refractivity contribution in [1.29, 1.82) is 0 Å². The van der Waals surface area contributed by atoms with Gasteiger partial charge in [-0.3, -0.25) is 18.7 Å².